The van der Waals surface area contributed by atoms with Crippen molar-refractivity contribution < 1.29 is 14.7 Å². The van der Waals surface area contributed by atoms with Gasteiger partial charge >= 0.3 is 5.97 Å². The van der Waals surface area contributed by atoms with Gasteiger partial charge in [-0.1, -0.05) is 50.8 Å². The number of hydrogen-bond acceptors (Lipinski definition) is 4. The van der Waals surface area contributed by atoms with Crippen molar-refractivity contribution in [3.8, 4) is 0 Å². The van der Waals surface area contributed by atoms with Gasteiger partial charge in [0.2, 0.25) is 0 Å². The number of carboxylic acid groups (broad SMARTS) is 1. The van der Waals surface area contributed by atoms with Gasteiger partial charge in [0, 0.05) is 0 Å². The molecule has 1 N–H and O–H groups in total. The molecule has 0 radical (unpaired) electrons. The van der Waals surface area contributed by atoms with E-state index >= 15 is 0 Å². The SMILES string of the molecule is CC(C)(C)C=C1SC(=S)N(CC(=O)O)C1=O. The summed E-state index contributed by atoms with van der Waals surface area (Å²) in [5, 5.41) is 8.65. The lowest BCUT2D eigenvalue weighted by molar-refractivity contribution is -0.140. The third-order valence-corrected chi connectivity index (χ3v) is 3.11. The Morgan fingerprint density at radius 3 is 2.56 bits per heavy atom. The Morgan fingerprint density at radius 2 is 2.12 bits per heavy atom. The predicted octanol–water partition coefficient (Wildman–Crippen LogP) is 1.86. The number of hydrogen-bond donors (Lipinski definition) is 1. The molecule has 1 aliphatic rings. The number of nitrogens with zero attached hydrogens (tertiary/aromatic N) is 1. The summed E-state index contributed by atoms with van der Waals surface area (Å²) < 4.78 is 0.308. The Balaban J connectivity index is 2.91. The molecule has 6 heteroatoms. The Kier molecular flexibility index (Phi) is 3.75. The summed E-state index contributed by atoms with van der Waals surface area (Å²) in [6.45, 7) is 5.54. The van der Waals surface area contributed by atoms with Crippen LogP contribution in [0.5, 0.6) is 0 Å². The van der Waals surface area contributed by atoms with E-state index in [0.717, 1.165) is 16.7 Å². The number of aliphatic carboxylic acids is 1. The van der Waals surface area contributed by atoms with E-state index in [0.29, 0.717) is 9.23 Å². The lowest BCUT2D eigenvalue weighted by Crippen LogP contribution is -2.33. The Morgan fingerprint density at radius 1 is 1.56 bits per heavy atom. The summed E-state index contributed by atoms with van der Waals surface area (Å²) in [6, 6.07) is 0. The third kappa shape index (κ3) is 3.31. The first-order valence-electron chi connectivity index (χ1n) is 4.69. The molecule has 1 amide bonds. The van der Waals surface area contributed by atoms with Gasteiger partial charge in [0.1, 0.15) is 10.9 Å². The van der Waals surface area contributed by atoms with Gasteiger partial charge < -0.3 is 5.11 Å². The summed E-state index contributed by atoms with van der Waals surface area (Å²) in [4.78, 5) is 24.0. The molecule has 0 aliphatic carbocycles. The molecule has 1 rings (SSSR count). The quantitative estimate of drug-likeness (QED) is 0.606. The van der Waals surface area contributed by atoms with Crippen molar-refractivity contribution >= 4 is 40.2 Å². The molecule has 1 aliphatic heterocycles. The topological polar surface area (TPSA) is 57.6 Å². The Bertz CT molecular complexity index is 382. The average Bonchev–Trinajstić information content (AvgIpc) is 2.29. The molecule has 0 bridgehead atoms. The van der Waals surface area contributed by atoms with Crippen LogP contribution < -0.4 is 0 Å². The minimum Gasteiger partial charge on any atom is -0.480 e. The van der Waals surface area contributed by atoms with E-state index in [1.54, 1.807) is 0 Å². The van der Waals surface area contributed by atoms with Crippen LogP contribution in [0.25, 0.3) is 0 Å². The van der Waals surface area contributed by atoms with E-state index in [9.17, 15) is 9.59 Å². The molecule has 0 spiro atoms. The molecule has 0 aromatic carbocycles. The minimum absolute atomic E-state index is 0.132. The second kappa shape index (κ2) is 4.55. The molecule has 0 aromatic heterocycles. The second-order valence-electron chi connectivity index (χ2n) is 4.53. The molecule has 4 nitrogen and oxygen atoms in total. The van der Waals surface area contributed by atoms with Crippen molar-refractivity contribution in [1.82, 2.24) is 4.90 Å². The first-order valence-corrected chi connectivity index (χ1v) is 5.91. The van der Waals surface area contributed by atoms with Crippen LogP contribution in [0.15, 0.2) is 11.0 Å². The zero-order valence-electron chi connectivity index (χ0n) is 9.31. The number of carboxylic acids is 1. The van der Waals surface area contributed by atoms with E-state index < -0.39 is 5.97 Å². The van der Waals surface area contributed by atoms with E-state index in [4.69, 9.17) is 17.3 Å². The lowest BCUT2D eigenvalue weighted by atomic mass is 9.96. The predicted molar refractivity (Wildman–Crippen MR) is 67.1 cm³/mol. The van der Waals surface area contributed by atoms with E-state index in [1.807, 2.05) is 26.8 Å². The molecule has 0 unspecified atom stereocenters. The first-order chi connectivity index (χ1) is 7.20. The highest BCUT2D eigenvalue weighted by molar-refractivity contribution is 8.26. The van der Waals surface area contributed by atoms with Gasteiger partial charge in [-0.2, -0.15) is 0 Å². The molecule has 0 aromatic rings. The number of allylic oxidation sites excluding steroid dienone is 1. The summed E-state index contributed by atoms with van der Waals surface area (Å²) in [6.07, 6.45) is 1.81. The molecule has 0 atom stereocenters. The maximum absolute atomic E-state index is 11.8. The lowest BCUT2D eigenvalue weighted by Gasteiger charge is -2.13. The van der Waals surface area contributed by atoms with Crippen molar-refractivity contribution in [2.24, 2.45) is 5.41 Å². The van der Waals surface area contributed by atoms with E-state index in [2.05, 4.69) is 0 Å². The number of carbonyl (C=O) groups excluding carboxylic acids is 1. The zero-order chi connectivity index (χ0) is 12.5. The van der Waals surface area contributed by atoms with Crippen LogP contribution >= 0.6 is 24.0 Å². The summed E-state index contributed by atoms with van der Waals surface area (Å²) in [5.41, 5.74) is -0.132. The Labute approximate surface area is 104 Å². The van der Waals surface area contributed by atoms with Gasteiger partial charge in [-0.3, -0.25) is 14.5 Å². The second-order valence-corrected chi connectivity index (χ2v) is 6.20. The van der Waals surface area contributed by atoms with Crippen molar-refractivity contribution in [2.75, 3.05) is 6.54 Å². The standard InChI is InChI=1S/C10H13NO3S2/c1-10(2,3)4-6-8(14)11(5-7(12)13)9(15)16-6/h4H,5H2,1-3H3,(H,12,13). The van der Waals surface area contributed by atoms with Gasteiger partial charge in [0.25, 0.3) is 5.91 Å². The van der Waals surface area contributed by atoms with Crippen molar-refractivity contribution in [2.45, 2.75) is 20.8 Å². The van der Waals surface area contributed by atoms with Crippen molar-refractivity contribution in [3.63, 3.8) is 0 Å². The van der Waals surface area contributed by atoms with Gasteiger partial charge in [0.15, 0.2) is 0 Å². The highest BCUT2D eigenvalue weighted by atomic mass is 32.2. The van der Waals surface area contributed by atoms with Crippen LogP contribution in [0, 0.1) is 5.41 Å². The molecule has 88 valence electrons. The van der Waals surface area contributed by atoms with E-state index in [1.165, 1.54) is 0 Å². The maximum Gasteiger partial charge on any atom is 0.323 e. The van der Waals surface area contributed by atoms with Gasteiger partial charge in [-0.05, 0) is 5.41 Å². The minimum atomic E-state index is -1.06. The fourth-order valence-corrected chi connectivity index (χ4v) is 2.64. The number of amides is 1. The highest BCUT2D eigenvalue weighted by Crippen LogP contribution is 2.33. The van der Waals surface area contributed by atoms with Crippen LogP contribution in [0.1, 0.15) is 20.8 Å². The van der Waals surface area contributed by atoms with Crippen LogP contribution in [-0.4, -0.2) is 32.7 Å². The van der Waals surface area contributed by atoms with Gasteiger partial charge in [-0.15, -0.1) is 0 Å². The third-order valence-electron chi connectivity index (χ3n) is 1.73. The fraction of sp³-hybridized carbons (Fsp3) is 0.500. The largest absolute Gasteiger partial charge is 0.480 e. The average molecular weight is 259 g/mol. The molecule has 1 saturated heterocycles. The number of rotatable bonds is 2. The Hall–Kier alpha value is -0.880. The summed E-state index contributed by atoms with van der Waals surface area (Å²) in [7, 11) is 0. The van der Waals surface area contributed by atoms with Crippen LogP contribution in [-0.2, 0) is 9.59 Å². The molecule has 0 saturated carbocycles. The summed E-state index contributed by atoms with van der Waals surface area (Å²) in [5.74, 6) is -1.37. The monoisotopic (exact) mass is 259 g/mol. The molecule has 16 heavy (non-hydrogen) atoms. The molecule has 1 fully saturated rings. The molecular formula is C10H13NO3S2. The first kappa shape index (κ1) is 13.2. The fourth-order valence-electron chi connectivity index (χ4n) is 1.16. The zero-order valence-corrected chi connectivity index (χ0v) is 10.9. The molecule has 1 heterocycles. The van der Waals surface area contributed by atoms with Gasteiger partial charge in [0.05, 0.1) is 4.91 Å². The van der Waals surface area contributed by atoms with Gasteiger partial charge in [-0.25, -0.2) is 0 Å². The van der Waals surface area contributed by atoms with E-state index in [-0.39, 0.29) is 17.9 Å². The smallest absolute Gasteiger partial charge is 0.323 e. The van der Waals surface area contributed by atoms with Crippen LogP contribution in [0.2, 0.25) is 0 Å². The normalized spacial score (nSPS) is 19.7. The number of carbonyl (C=O) groups is 2. The summed E-state index contributed by atoms with van der Waals surface area (Å²) >= 11 is 6.12. The number of thioether (sulfide) groups is 1. The maximum atomic E-state index is 11.8. The highest BCUT2D eigenvalue weighted by Gasteiger charge is 2.34. The van der Waals surface area contributed by atoms with Crippen molar-refractivity contribution in [1.29, 1.82) is 0 Å². The van der Waals surface area contributed by atoms with Crippen LogP contribution in [0.3, 0.4) is 0 Å². The molecular weight excluding hydrogens is 246 g/mol. The van der Waals surface area contributed by atoms with Crippen molar-refractivity contribution in [3.05, 3.63) is 11.0 Å². The van der Waals surface area contributed by atoms with Crippen LogP contribution in [0.4, 0.5) is 0 Å². The number of thiocarbonyl (C=S) groups is 1.